The maximum Gasteiger partial charge on any atom is 0.315 e. The van der Waals surface area contributed by atoms with Gasteiger partial charge in [-0.1, -0.05) is 23.8 Å². The van der Waals surface area contributed by atoms with Crippen molar-refractivity contribution in [3.05, 3.63) is 47.7 Å². The third-order valence-corrected chi connectivity index (χ3v) is 5.81. The van der Waals surface area contributed by atoms with Crippen LogP contribution in [0.3, 0.4) is 0 Å². The van der Waals surface area contributed by atoms with E-state index in [2.05, 4.69) is 20.9 Å². The largest absolute Gasteiger partial charge is 0.368 e. The fourth-order valence-electron chi connectivity index (χ4n) is 4.26. The van der Waals surface area contributed by atoms with E-state index in [1.807, 2.05) is 38.1 Å². The van der Waals surface area contributed by atoms with E-state index in [9.17, 15) is 19.2 Å². The van der Waals surface area contributed by atoms with Gasteiger partial charge >= 0.3 is 6.03 Å². The molecule has 10 heteroatoms. The number of hydrogen-bond donors (Lipinski definition) is 5. The summed E-state index contributed by atoms with van der Waals surface area (Å²) < 4.78 is 0. The smallest absolute Gasteiger partial charge is 0.315 e. The lowest BCUT2D eigenvalue weighted by atomic mass is 10.0. The van der Waals surface area contributed by atoms with Gasteiger partial charge in [-0.3, -0.25) is 14.4 Å². The van der Waals surface area contributed by atoms with Crippen LogP contribution < -0.4 is 21.7 Å². The van der Waals surface area contributed by atoms with Crippen molar-refractivity contribution >= 4 is 34.7 Å². The Morgan fingerprint density at radius 2 is 1.89 bits per heavy atom. The number of likely N-dealkylation sites (tertiary alicyclic amines) is 1. The molecule has 0 spiro atoms. The summed E-state index contributed by atoms with van der Waals surface area (Å²) >= 11 is 0. The number of fused-ring (bicyclic) bond motifs is 1. The highest BCUT2D eigenvalue weighted by Gasteiger charge is 2.40. The molecule has 1 fully saturated rings. The van der Waals surface area contributed by atoms with Crippen molar-refractivity contribution in [3.8, 4) is 0 Å². The van der Waals surface area contributed by atoms with Crippen LogP contribution >= 0.6 is 0 Å². The molecule has 2 aromatic rings. The summed E-state index contributed by atoms with van der Waals surface area (Å²) in [5, 5.41) is 9.25. The van der Waals surface area contributed by atoms with Gasteiger partial charge in [-0.15, -0.1) is 0 Å². The van der Waals surface area contributed by atoms with Gasteiger partial charge in [-0.25, -0.2) is 4.79 Å². The molecule has 6 N–H and O–H groups in total. The minimum absolute atomic E-state index is 0.0558. The lowest BCUT2D eigenvalue weighted by Crippen LogP contribution is -2.52. The monoisotopic (exact) mass is 482 g/mol. The fraction of sp³-hybridized carbons (Fsp3) is 0.440. The van der Waals surface area contributed by atoms with E-state index in [1.54, 1.807) is 20.0 Å². The third kappa shape index (κ3) is 6.62. The molecule has 3 atom stereocenters. The lowest BCUT2D eigenvalue weighted by Gasteiger charge is -2.25. The van der Waals surface area contributed by atoms with Crippen LogP contribution in [-0.4, -0.2) is 64.3 Å². The van der Waals surface area contributed by atoms with Crippen LogP contribution in [0.5, 0.6) is 0 Å². The van der Waals surface area contributed by atoms with Gasteiger partial charge in [0.2, 0.25) is 17.7 Å². The molecule has 0 bridgehead atoms. The van der Waals surface area contributed by atoms with Crippen molar-refractivity contribution < 1.29 is 19.2 Å². The van der Waals surface area contributed by atoms with Gasteiger partial charge in [0.1, 0.15) is 12.1 Å². The van der Waals surface area contributed by atoms with Gasteiger partial charge in [0, 0.05) is 42.2 Å². The number of carbonyl (C=O) groups excluding carboxylic acids is 4. The summed E-state index contributed by atoms with van der Waals surface area (Å²) in [7, 11) is 0. The summed E-state index contributed by atoms with van der Waals surface area (Å²) in [6.07, 6.45) is 3.67. The number of aromatic nitrogens is 1. The second kappa shape index (κ2) is 11.1. The van der Waals surface area contributed by atoms with Crippen molar-refractivity contribution in [2.45, 2.75) is 64.7 Å². The predicted molar refractivity (Wildman–Crippen MR) is 133 cm³/mol. The Balaban J connectivity index is 1.76. The Kier molecular flexibility index (Phi) is 8.16. The minimum Gasteiger partial charge on any atom is -0.368 e. The number of aromatic amines is 1. The number of amides is 5. The number of rotatable bonds is 8. The Morgan fingerprint density at radius 1 is 1.17 bits per heavy atom. The molecule has 0 unspecified atom stereocenters. The normalized spacial score (nSPS) is 18.3. The van der Waals surface area contributed by atoms with Crippen molar-refractivity contribution in [2.24, 2.45) is 5.73 Å². The summed E-state index contributed by atoms with van der Waals surface area (Å²) in [4.78, 5) is 55.1. The van der Waals surface area contributed by atoms with Gasteiger partial charge < -0.3 is 31.6 Å². The van der Waals surface area contributed by atoms with E-state index in [1.165, 1.54) is 11.0 Å². The Hall–Kier alpha value is -3.82. The van der Waals surface area contributed by atoms with E-state index in [0.29, 0.717) is 0 Å². The average molecular weight is 483 g/mol. The van der Waals surface area contributed by atoms with E-state index in [4.69, 9.17) is 5.73 Å². The number of carbonyl (C=O) groups is 4. The quantitative estimate of drug-likeness (QED) is 0.361. The zero-order valence-electron chi connectivity index (χ0n) is 20.6. The number of primary amides is 1. The number of urea groups is 1. The number of hydrogen-bond acceptors (Lipinski definition) is 4. The van der Waals surface area contributed by atoms with E-state index < -0.39 is 29.9 Å². The molecule has 1 aromatic carbocycles. The number of para-hydroxylation sites is 1. The number of nitrogens with zero attached hydrogens (tertiary/aromatic N) is 1. The molecular formula is C25H34N6O4. The standard InChI is InChI=1S/C25H34N6O4/c1-14(2)9-22(32)31-13-17(29-25(35)28-15(3)4)11-21(31)24(34)30-20(23(26)33)10-16-12-27-19-8-6-5-7-18(16)19/h5-9,12,15,17,20-21,27H,10-11,13H2,1-4H3,(H2,26,33)(H,30,34)(H2,28,29,35)/t17-,20+,21-/m0/s1. The van der Waals surface area contributed by atoms with Crippen LogP contribution in [0.15, 0.2) is 42.1 Å². The molecule has 1 saturated heterocycles. The van der Waals surface area contributed by atoms with Crippen molar-refractivity contribution in [1.82, 2.24) is 25.8 Å². The first-order valence-electron chi connectivity index (χ1n) is 11.7. The van der Waals surface area contributed by atoms with Gasteiger partial charge in [0.05, 0.1) is 6.04 Å². The van der Waals surface area contributed by atoms with Crippen LogP contribution in [0, 0.1) is 0 Å². The number of allylic oxidation sites excluding steroid dienone is 1. The van der Waals surface area contributed by atoms with E-state index >= 15 is 0 Å². The van der Waals surface area contributed by atoms with Crippen LogP contribution in [0.1, 0.15) is 39.7 Å². The maximum atomic E-state index is 13.3. The van der Waals surface area contributed by atoms with Crippen LogP contribution in [0.2, 0.25) is 0 Å². The summed E-state index contributed by atoms with van der Waals surface area (Å²) in [5.41, 5.74) is 8.18. The first kappa shape index (κ1) is 25.8. The molecular weight excluding hydrogens is 448 g/mol. The Morgan fingerprint density at radius 3 is 2.54 bits per heavy atom. The number of nitrogens with two attached hydrogens (primary N) is 1. The highest BCUT2D eigenvalue weighted by molar-refractivity contribution is 5.96. The number of nitrogens with one attached hydrogen (secondary N) is 4. The predicted octanol–water partition coefficient (Wildman–Crippen LogP) is 1.32. The summed E-state index contributed by atoms with van der Waals surface area (Å²) in [6, 6.07) is 4.99. The molecule has 35 heavy (non-hydrogen) atoms. The molecule has 10 nitrogen and oxygen atoms in total. The molecule has 3 rings (SSSR count). The maximum absolute atomic E-state index is 13.3. The zero-order chi connectivity index (χ0) is 25.7. The SMILES string of the molecule is CC(C)=CC(=O)N1C[C@@H](NC(=O)NC(C)C)C[C@H]1C(=O)N[C@H](Cc1c[nH]c2ccccc12)C(N)=O. The van der Waals surface area contributed by atoms with Gasteiger partial charge in [0.25, 0.3) is 0 Å². The van der Waals surface area contributed by atoms with E-state index in [-0.39, 0.29) is 37.4 Å². The molecule has 1 aliphatic heterocycles. The molecule has 5 amide bonds. The second-order valence-corrected chi connectivity index (χ2v) is 9.46. The first-order chi connectivity index (χ1) is 16.5. The molecule has 1 aliphatic rings. The minimum atomic E-state index is -0.960. The number of benzene rings is 1. The third-order valence-electron chi connectivity index (χ3n) is 5.81. The molecule has 0 radical (unpaired) electrons. The summed E-state index contributed by atoms with van der Waals surface area (Å²) in [5.74, 6) is -1.49. The van der Waals surface area contributed by atoms with Crippen molar-refractivity contribution in [1.29, 1.82) is 0 Å². The Bertz CT molecular complexity index is 1130. The van der Waals surface area contributed by atoms with Crippen LogP contribution in [0.4, 0.5) is 4.79 Å². The molecule has 188 valence electrons. The van der Waals surface area contributed by atoms with Crippen molar-refractivity contribution in [2.75, 3.05) is 6.54 Å². The highest BCUT2D eigenvalue weighted by atomic mass is 16.2. The number of H-pyrrole nitrogens is 1. The summed E-state index contributed by atoms with van der Waals surface area (Å²) in [6.45, 7) is 7.44. The van der Waals surface area contributed by atoms with Crippen LogP contribution in [-0.2, 0) is 20.8 Å². The van der Waals surface area contributed by atoms with Crippen molar-refractivity contribution in [3.63, 3.8) is 0 Å². The fourth-order valence-corrected chi connectivity index (χ4v) is 4.26. The molecule has 0 aliphatic carbocycles. The topological polar surface area (TPSA) is 149 Å². The van der Waals surface area contributed by atoms with Gasteiger partial charge in [0.15, 0.2) is 0 Å². The average Bonchev–Trinajstić information content (AvgIpc) is 3.36. The highest BCUT2D eigenvalue weighted by Crippen LogP contribution is 2.22. The second-order valence-electron chi connectivity index (χ2n) is 9.46. The molecule has 1 aromatic heterocycles. The first-order valence-corrected chi connectivity index (χ1v) is 11.7. The molecule has 2 heterocycles. The molecule has 0 saturated carbocycles. The van der Waals surface area contributed by atoms with Crippen LogP contribution in [0.25, 0.3) is 10.9 Å². The lowest BCUT2D eigenvalue weighted by molar-refractivity contribution is -0.136. The van der Waals surface area contributed by atoms with E-state index in [0.717, 1.165) is 22.0 Å². The van der Waals surface area contributed by atoms with Gasteiger partial charge in [-0.05, 0) is 45.7 Å². The zero-order valence-corrected chi connectivity index (χ0v) is 20.6. The van der Waals surface area contributed by atoms with Gasteiger partial charge in [-0.2, -0.15) is 0 Å². The Labute approximate surface area is 204 Å².